The van der Waals surface area contributed by atoms with Crippen LogP contribution in [0.2, 0.25) is 3.67 Å². The van der Waals surface area contributed by atoms with Gasteiger partial charge >= 0.3 is 56.2 Å². The molecule has 0 aromatic rings. The molecule has 0 spiro atoms. The van der Waals surface area contributed by atoms with E-state index in [1.807, 2.05) is 6.92 Å². The summed E-state index contributed by atoms with van der Waals surface area (Å²) < 4.78 is 1.02. The molecule has 0 aliphatic rings. The minimum absolute atomic E-state index is 0.00309. The van der Waals surface area contributed by atoms with E-state index >= 15 is 0 Å². The van der Waals surface area contributed by atoms with Crippen molar-refractivity contribution in [2.75, 3.05) is 0 Å². The van der Waals surface area contributed by atoms with Gasteiger partial charge in [-0.3, -0.25) is 0 Å². The molecule has 0 aromatic carbocycles. The fourth-order valence-corrected chi connectivity index (χ4v) is 0.866. The summed E-state index contributed by atoms with van der Waals surface area (Å²) in [4.78, 5) is 0. The molecule has 1 unspecified atom stereocenters. The first-order valence-electron chi connectivity index (χ1n) is 2.49. The van der Waals surface area contributed by atoms with E-state index in [1.165, 1.54) is 0 Å². The average Bonchev–Trinajstić information content (AvgIpc) is 1.65. The first-order chi connectivity index (χ1) is 2.81. The predicted molar refractivity (Wildman–Crippen MR) is 26.9 cm³/mol. The van der Waals surface area contributed by atoms with Crippen LogP contribution in [-0.4, -0.2) is 39.1 Å². The number of hydrogen-bond donors (Lipinski definition) is 1. The Morgan fingerprint density at radius 2 is 2.33 bits per heavy atom. The van der Waals surface area contributed by atoms with Crippen LogP contribution in [0.25, 0.3) is 0 Å². The van der Waals surface area contributed by atoms with Gasteiger partial charge in [0.2, 0.25) is 0 Å². The molecule has 1 atom stereocenters. The molecule has 0 aliphatic heterocycles. The molecule has 6 heavy (non-hydrogen) atoms. The number of rotatable bonds is 2. The normalized spacial score (nSPS) is 14.7. The Morgan fingerprint density at radius 3 is 2.33 bits per heavy atom. The summed E-state index contributed by atoms with van der Waals surface area (Å²) in [5, 5.41) is 8.70. The summed E-state index contributed by atoms with van der Waals surface area (Å²) in [6.45, 7) is 2.00. The number of hydrogen-bond acceptors (Lipinski definition) is 1. The molecule has 0 saturated heterocycles. The Morgan fingerprint density at radius 1 is 1.83 bits per heavy atom. The summed E-state index contributed by atoms with van der Waals surface area (Å²) in [5.41, 5.74) is 0. The fourth-order valence-electron chi connectivity index (χ4n) is 0.289. The van der Waals surface area contributed by atoms with Crippen molar-refractivity contribution < 1.29 is 5.11 Å². The summed E-state index contributed by atoms with van der Waals surface area (Å²) >= 11 is 1.13. The molecule has 0 heterocycles. The molecule has 0 saturated carbocycles. The molecular weight excluding hydrogens is 87.0 g/mol. The molecule has 1 nitrogen and oxygen atoms in total. The Hall–Kier alpha value is 0.960. The van der Waals surface area contributed by atoms with E-state index in [0.29, 0.717) is 0 Å². The minimum atomic E-state index is -0.00309. The van der Waals surface area contributed by atoms with Gasteiger partial charge in [0.25, 0.3) is 0 Å². The van der Waals surface area contributed by atoms with Crippen LogP contribution in [0.5, 0.6) is 0 Å². The van der Waals surface area contributed by atoms with Crippen LogP contribution in [0.4, 0.5) is 0 Å². The zero-order valence-electron chi connectivity index (χ0n) is 4.44. The zero-order chi connectivity index (χ0) is 4.99. The number of aliphatic hydroxyl groups excluding tert-OH is 1. The van der Waals surface area contributed by atoms with E-state index in [-0.39, 0.29) is 6.10 Å². The molecule has 0 aromatic heterocycles. The van der Waals surface area contributed by atoms with Gasteiger partial charge in [0.1, 0.15) is 0 Å². The molecule has 0 fully saturated rings. The van der Waals surface area contributed by atoms with E-state index in [9.17, 15) is 0 Å². The third-order valence-corrected chi connectivity index (χ3v) is 1.88. The molecule has 0 bridgehead atoms. The van der Waals surface area contributed by atoms with Gasteiger partial charge in [0.15, 0.2) is 0 Å². The van der Waals surface area contributed by atoms with Crippen LogP contribution >= 0.6 is 0 Å². The van der Waals surface area contributed by atoms with Gasteiger partial charge in [-0.05, 0) is 0 Å². The van der Waals surface area contributed by atoms with Crippen molar-refractivity contribution >= 4 is 27.9 Å². The molecule has 0 rings (SSSR count). The van der Waals surface area contributed by atoms with Gasteiger partial charge in [-0.2, -0.15) is 0 Å². The van der Waals surface area contributed by atoms with Crippen LogP contribution in [0.1, 0.15) is 13.3 Å². The van der Waals surface area contributed by atoms with Gasteiger partial charge in [-0.25, -0.2) is 0 Å². The zero-order valence-corrected chi connectivity index (χ0v) is 6.44. The van der Waals surface area contributed by atoms with Gasteiger partial charge in [0, 0.05) is 0 Å². The van der Waals surface area contributed by atoms with Gasteiger partial charge in [0.05, 0.1) is 0 Å². The van der Waals surface area contributed by atoms with Crippen LogP contribution in [-0.2, 0) is 0 Å². The molecule has 1 N–H and O–H groups in total. The van der Waals surface area contributed by atoms with Crippen LogP contribution < -0.4 is 0 Å². The molecule has 0 amide bonds. The summed E-state index contributed by atoms with van der Waals surface area (Å²) in [6.07, 6.45) is 0.917. The van der Waals surface area contributed by atoms with E-state index in [1.54, 1.807) is 0 Å². The Bertz CT molecular complexity index is 26.7. The predicted octanol–water partition coefficient (Wildman–Crippen LogP) is 0.344. The second-order valence-corrected chi connectivity index (χ2v) is 2.29. The Labute approximate surface area is 56.2 Å². The first kappa shape index (κ1) is 6.96. The quantitative estimate of drug-likeness (QED) is 0.491. The summed E-state index contributed by atoms with van der Waals surface area (Å²) in [5.74, 6) is 0. The van der Waals surface area contributed by atoms with Crippen molar-refractivity contribution in [2.24, 2.45) is 0 Å². The van der Waals surface area contributed by atoms with Crippen molar-refractivity contribution in [1.29, 1.82) is 0 Å². The van der Waals surface area contributed by atoms with Crippen molar-refractivity contribution in [3.63, 3.8) is 0 Å². The summed E-state index contributed by atoms with van der Waals surface area (Å²) in [6, 6.07) is 0. The van der Waals surface area contributed by atoms with Crippen molar-refractivity contribution in [2.45, 2.75) is 23.1 Å². The second kappa shape index (κ2) is 4.13. The third kappa shape index (κ3) is 3.16. The van der Waals surface area contributed by atoms with E-state index in [2.05, 4.69) is 0 Å². The molecule has 32 valence electrons. The van der Waals surface area contributed by atoms with Gasteiger partial charge in [-0.1, -0.05) is 0 Å². The van der Waals surface area contributed by atoms with Crippen LogP contribution in [0.15, 0.2) is 0 Å². The maximum atomic E-state index is 8.70. The Balaban J connectivity index is 2.75. The summed E-state index contributed by atoms with van der Waals surface area (Å²) in [7, 11) is 0. The van der Waals surface area contributed by atoms with E-state index < -0.39 is 0 Å². The Kier molecular flexibility index (Phi) is 4.79. The average molecular weight is 96.1 g/mol. The monoisotopic (exact) mass is 96.1 g/mol. The first-order valence-corrected chi connectivity index (χ1v) is 3.90. The topological polar surface area (TPSA) is 20.2 Å². The van der Waals surface area contributed by atoms with E-state index in [0.717, 1.165) is 38.0 Å². The number of aliphatic hydroxyl groups is 1. The SMILES string of the molecule is CCC(O)[CH2][Na]. The van der Waals surface area contributed by atoms with Crippen LogP contribution in [0.3, 0.4) is 0 Å². The van der Waals surface area contributed by atoms with Crippen molar-refractivity contribution in [3.8, 4) is 0 Å². The van der Waals surface area contributed by atoms with Crippen LogP contribution in [0, 0.1) is 0 Å². The van der Waals surface area contributed by atoms with Crippen molar-refractivity contribution in [1.82, 2.24) is 0 Å². The standard InChI is InChI=1S/C4H9O.Na/c1-3-4(2)5;/h4-5H,2-3H2,1H3;. The molecule has 0 aliphatic carbocycles. The van der Waals surface area contributed by atoms with Gasteiger partial charge < -0.3 is 0 Å². The van der Waals surface area contributed by atoms with Gasteiger partial charge in [-0.15, -0.1) is 0 Å². The second-order valence-electron chi connectivity index (χ2n) is 1.47. The molecular formula is C4H9NaO. The maximum absolute atomic E-state index is 8.70. The molecule has 2 heteroatoms. The fraction of sp³-hybridized carbons (Fsp3) is 1.00. The molecule has 0 radical (unpaired) electrons. The van der Waals surface area contributed by atoms with E-state index in [4.69, 9.17) is 5.11 Å². The third-order valence-electron chi connectivity index (χ3n) is 0.942. The van der Waals surface area contributed by atoms with Crippen molar-refractivity contribution in [3.05, 3.63) is 0 Å².